The van der Waals surface area contributed by atoms with E-state index in [4.69, 9.17) is 16.6 Å². The Morgan fingerprint density at radius 3 is 2.77 bits per heavy atom. The number of nitrogens with zero attached hydrogens (tertiary/aromatic N) is 3. The summed E-state index contributed by atoms with van der Waals surface area (Å²) >= 11 is 6.87. The maximum Gasteiger partial charge on any atom is 0.288 e. The van der Waals surface area contributed by atoms with Gasteiger partial charge in [0.25, 0.3) is 4.84 Å². The first kappa shape index (κ1) is 15.1. The van der Waals surface area contributed by atoms with Gasteiger partial charge in [-0.15, -0.1) is 5.10 Å². The minimum atomic E-state index is -0.294. The zero-order valence-electron chi connectivity index (χ0n) is 11.9. The lowest BCUT2D eigenvalue weighted by Crippen LogP contribution is -2.22. The number of thiophene rings is 1. The minimum absolute atomic E-state index is 0.294. The lowest BCUT2D eigenvalue weighted by Gasteiger charge is -2.14. The van der Waals surface area contributed by atoms with Crippen LogP contribution in [0, 0.1) is 10.7 Å². The van der Waals surface area contributed by atoms with Crippen LogP contribution in [0.1, 0.15) is 5.56 Å². The number of benzene rings is 1. The Hall–Kier alpha value is -1.83. The molecule has 114 valence electrons. The van der Waals surface area contributed by atoms with Crippen molar-refractivity contribution in [1.82, 2.24) is 14.7 Å². The average molecular weight is 335 g/mol. The summed E-state index contributed by atoms with van der Waals surface area (Å²) < 4.78 is 20.1. The molecule has 0 aliphatic carbocycles. The van der Waals surface area contributed by atoms with Crippen LogP contribution < -0.4 is 0 Å². The van der Waals surface area contributed by atoms with E-state index in [1.165, 1.54) is 17.7 Å². The van der Waals surface area contributed by atoms with E-state index in [2.05, 4.69) is 26.8 Å². The maximum atomic E-state index is 13.0. The summed E-state index contributed by atoms with van der Waals surface area (Å²) in [5.74, 6) is 0.103. The highest BCUT2D eigenvalue weighted by molar-refractivity contribution is 7.71. The van der Waals surface area contributed by atoms with Crippen molar-refractivity contribution < 1.29 is 8.81 Å². The van der Waals surface area contributed by atoms with Crippen molar-refractivity contribution in [1.29, 1.82) is 0 Å². The number of aromatic nitrogens is 2. The normalized spacial score (nSPS) is 11.2. The van der Waals surface area contributed by atoms with Crippen LogP contribution in [0.2, 0.25) is 0 Å². The molecule has 0 amide bonds. The van der Waals surface area contributed by atoms with Gasteiger partial charge in [0.2, 0.25) is 5.89 Å². The molecule has 0 fully saturated rings. The van der Waals surface area contributed by atoms with Crippen LogP contribution in [-0.4, -0.2) is 21.7 Å². The molecule has 0 saturated heterocycles. The molecule has 4 nitrogen and oxygen atoms in total. The Kier molecular flexibility index (Phi) is 4.47. The fourth-order valence-electron chi connectivity index (χ4n) is 2.08. The molecule has 0 spiro atoms. The van der Waals surface area contributed by atoms with Gasteiger partial charge in [-0.25, -0.2) is 9.07 Å². The molecule has 2 aromatic heterocycles. The highest BCUT2D eigenvalue weighted by Crippen LogP contribution is 2.18. The van der Waals surface area contributed by atoms with Crippen molar-refractivity contribution >= 4 is 23.6 Å². The molecule has 0 aliphatic heterocycles. The smallest absolute Gasteiger partial charge is 0.288 e. The summed E-state index contributed by atoms with van der Waals surface area (Å²) in [6, 6.07) is 8.07. The van der Waals surface area contributed by atoms with E-state index in [1.807, 2.05) is 7.05 Å². The molecule has 0 N–H and O–H groups in total. The van der Waals surface area contributed by atoms with Crippen LogP contribution in [0.3, 0.4) is 0 Å². The van der Waals surface area contributed by atoms with Crippen molar-refractivity contribution in [2.75, 3.05) is 7.05 Å². The zero-order chi connectivity index (χ0) is 15.5. The summed E-state index contributed by atoms with van der Waals surface area (Å²) in [6.45, 7) is 1.34. The van der Waals surface area contributed by atoms with Gasteiger partial charge in [-0.2, -0.15) is 11.3 Å². The standard InChI is InChI=1S/C15H14FN3OS2/c1-18(8-11-6-7-22-9-11)10-19-15(21)20-14(17-19)12-2-4-13(16)5-3-12/h2-7,9H,8,10H2,1H3. The maximum absolute atomic E-state index is 13.0. The highest BCUT2D eigenvalue weighted by Gasteiger charge is 2.10. The van der Waals surface area contributed by atoms with Crippen molar-refractivity contribution in [2.45, 2.75) is 13.2 Å². The average Bonchev–Trinajstić information content (AvgIpc) is 3.10. The Morgan fingerprint density at radius 2 is 2.09 bits per heavy atom. The fourth-order valence-corrected chi connectivity index (χ4v) is 2.92. The van der Waals surface area contributed by atoms with Crippen LogP contribution in [-0.2, 0) is 13.2 Å². The monoisotopic (exact) mass is 335 g/mol. The third kappa shape index (κ3) is 3.49. The summed E-state index contributed by atoms with van der Waals surface area (Å²) in [5, 5.41) is 8.53. The van der Waals surface area contributed by atoms with Gasteiger partial charge in [0.05, 0.1) is 6.67 Å². The molecule has 22 heavy (non-hydrogen) atoms. The topological polar surface area (TPSA) is 34.2 Å². The number of hydrogen-bond donors (Lipinski definition) is 0. The van der Waals surface area contributed by atoms with Crippen molar-refractivity contribution in [3.05, 3.63) is 57.3 Å². The first-order valence-corrected chi connectivity index (χ1v) is 8.00. The first-order chi connectivity index (χ1) is 10.6. The minimum Gasteiger partial charge on any atom is -0.409 e. The summed E-state index contributed by atoms with van der Waals surface area (Å²) in [6.07, 6.45) is 0. The molecular formula is C15H14FN3OS2. The van der Waals surface area contributed by atoms with Gasteiger partial charge in [0.15, 0.2) is 0 Å². The SMILES string of the molecule is CN(Cc1ccsc1)Cn1nc(-c2ccc(F)cc2)oc1=S. The Balaban J connectivity index is 1.75. The van der Waals surface area contributed by atoms with E-state index in [9.17, 15) is 4.39 Å². The van der Waals surface area contributed by atoms with Crippen molar-refractivity contribution in [3.8, 4) is 11.5 Å². The molecule has 0 radical (unpaired) electrons. The van der Waals surface area contributed by atoms with E-state index in [1.54, 1.807) is 28.2 Å². The molecule has 0 aliphatic rings. The highest BCUT2D eigenvalue weighted by atomic mass is 32.1. The molecule has 2 heterocycles. The number of halogens is 1. The van der Waals surface area contributed by atoms with Crippen LogP contribution >= 0.6 is 23.6 Å². The van der Waals surface area contributed by atoms with Gasteiger partial charge in [-0.05, 0) is 65.9 Å². The molecular weight excluding hydrogens is 321 g/mol. The second kappa shape index (κ2) is 6.51. The molecule has 1 aromatic carbocycles. The third-order valence-electron chi connectivity index (χ3n) is 3.11. The van der Waals surface area contributed by atoms with Crippen molar-refractivity contribution in [3.63, 3.8) is 0 Å². The lowest BCUT2D eigenvalue weighted by atomic mass is 10.2. The quantitative estimate of drug-likeness (QED) is 0.656. The Morgan fingerprint density at radius 1 is 1.32 bits per heavy atom. The summed E-state index contributed by atoms with van der Waals surface area (Å²) in [4.78, 5) is 2.39. The van der Waals surface area contributed by atoms with Crippen LogP contribution in [0.4, 0.5) is 4.39 Å². The van der Waals surface area contributed by atoms with E-state index in [0.29, 0.717) is 23.0 Å². The van der Waals surface area contributed by atoms with Gasteiger partial charge < -0.3 is 4.42 Å². The van der Waals surface area contributed by atoms with Crippen molar-refractivity contribution in [2.24, 2.45) is 0 Å². The predicted octanol–water partition coefficient (Wildman–Crippen LogP) is 4.16. The second-order valence-corrected chi connectivity index (χ2v) is 6.10. The molecule has 0 saturated carbocycles. The Labute approximate surface area is 136 Å². The van der Waals surface area contributed by atoms with Gasteiger partial charge in [-0.3, -0.25) is 4.90 Å². The predicted molar refractivity (Wildman–Crippen MR) is 86.5 cm³/mol. The largest absolute Gasteiger partial charge is 0.409 e. The first-order valence-electron chi connectivity index (χ1n) is 6.65. The number of rotatable bonds is 5. The van der Waals surface area contributed by atoms with Gasteiger partial charge in [0, 0.05) is 12.1 Å². The molecule has 0 atom stereocenters. The van der Waals surface area contributed by atoms with E-state index < -0.39 is 0 Å². The van der Waals surface area contributed by atoms with Gasteiger partial charge in [0.1, 0.15) is 5.82 Å². The fraction of sp³-hybridized carbons (Fsp3) is 0.200. The molecule has 7 heteroatoms. The third-order valence-corrected chi connectivity index (χ3v) is 4.13. The molecule has 0 unspecified atom stereocenters. The lowest BCUT2D eigenvalue weighted by molar-refractivity contribution is 0.241. The second-order valence-electron chi connectivity index (χ2n) is 4.97. The Bertz CT molecular complexity index is 793. The zero-order valence-corrected chi connectivity index (χ0v) is 13.5. The van der Waals surface area contributed by atoms with Crippen LogP contribution in [0.25, 0.3) is 11.5 Å². The van der Waals surface area contributed by atoms with Gasteiger partial charge in [-0.1, -0.05) is 0 Å². The van der Waals surface area contributed by atoms with Crippen LogP contribution in [0.5, 0.6) is 0 Å². The van der Waals surface area contributed by atoms with Crippen LogP contribution in [0.15, 0.2) is 45.5 Å². The molecule has 0 bridgehead atoms. The number of hydrogen-bond acceptors (Lipinski definition) is 5. The summed E-state index contributed by atoms with van der Waals surface area (Å²) in [5.41, 5.74) is 1.95. The van der Waals surface area contributed by atoms with Gasteiger partial charge >= 0.3 is 0 Å². The molecule has 3 rings (SSSR count). The summed E-state index contributed by atoms with van der Waals surface area (Å²) in [7, 11) is 1.99. The van der Waals surface area contributed by atoms with E-state index in [-0.39, 0.29) is 5.82 Å². The van der Waals surface area contributed by atoms with E-state index >= 15 is 0 Å². The molecule has 3 aromatic rings. The van der Waals surface area contributed by atoms with E-state index in [0.717, 1.165) is 6.54 Å².